The Balaban J connectivity index is 1.99. The van der Waals surface area contributed by atoms with Gasteiger partial charge in [0.15, 0.2) is 0 Å². The van der Waals surface area contributed by atoms with Crippen molar-refractivity contribution in [2.75, 3.05) is 13.1 Å². The average Bonchev–Trinajstić information content (AvgIpc) is 2.84. The lowest BCUT2D eigenvalue weighted by Crippen LogP contribution is -2.33. The Hall–Kier alpha value is -1.39. The SMILES string of the molecule is CCC1(C(=O)O)CCN(Cc2ccc(CO)cc2)C1. The van der Waals surface area contributed by atoms with Crippen LogP contribution in [0.25, 0.3) is 0 Å². The Kier molecular flexibility index (Phi) is 4.22. The number of benzene rings is 1. The molecule has 2 N–H and O–H groups in total. The second-order valence-corrected chi connectivity index (χ2v) is 5.37. The summed E-state index contributed by atoms with van der Waals surface area (Å²) in [6, 6.07) is 7.82. The minimum absolute atomic E-state index is 0.0575. The van der Waals surface area contributed by atoms with Gasteiger partial charge in [-0.1, -0.05) is 31.2 Å². The highest BCUT2D eigenvalue weighted by Gasteiger charge is 2.42. The van der Waals surface area contributed by atoms with Gasteiger partial charge in [-0.2, -0.15) is 0 Å². The number of aliphatic hydroxyl groups excluding tert-OH is 1. The smallest absolute Gasteiger partial charge is 0.310 e. The van der Waals surface area contributed by atoms with Gasteiger partial charge < -0.3 is 10.2 Å². The number of hydrogen-bond acceptors (Lipinski definition) is 3. The van der Waals surface area contributed by atoms with E-state index >= 15 is 0 Å². The third-order valence-corrected chi connectivity index (χ3v) is 4.18. The molecule has 2 rings (SSSR count). The van der Waals surface area contributed by atoms with E-state index < -0.39 is 11.4 Å². The number of carboxylic acid groups (broad SMARTS) is 1. The van der Waals surface area contributed by atoms with Crippen LogP contribution in [0.5, 0.6) is 0 Å². The summed E-state index contributed by atoms with van der Waals surface area (Å²) in [6.45, 7) is 4.25. The molecule has 104 valence electrons. The molecule has 0 saturated carbocycles. The van der Waals surface area contributed by atoms with Crippen LogP contribution in [0.4, 0.5) is 0 Å². The van der Waals surface area contributed by atoms with Gasteiger partial charge in [-0.25, -0.2) is 0 Å². The van der Waals surface area contributed by atoms with Gasteiger partial charge in [0, 0.05) is 13.1 Å². The zero-order valence-electron chi connectivity index (χ0n) is 11.3. The van der Waals surface area contributed by atoms with Crippen molar-refractivity contribution < 1.29 is 15.0 Å². The highest BCUT2D eigenvalue weighted by molar-refractivity contribution is 5.75. The number of likely N-dealkylation sites (tertiary alicyclic amines) is 1. The maximum Gasteiger partial charge on any atom is 0.310 e. The number of rotatable bonds is 5. The Morgan fingerprint density at radius 3 is 2.42 bits per heavy atom. The summed E-state index contributed by atoms with van der Waals surface area (Å²) in [7, 11) is 0. The molecule has 1 aromatic carbocycles. The summed E-state index contributed by atoms with van der Waals surface area (Å²) in [5, 5.41) is 18.4. The summed E-state index contributed by atoms with van der Waals surface area (Å²) >= 11 is 0. The van der Waals surface area contributed by atoms with Crippen LogP contribution in [-0.4, -0.2) is 34.2 Å². The monoisotopic (exact) mass is 263 g/mol. The quantitative estimate of drug-likeness (QED) is 0.851. The third-order valence-electron chi connectivity index (χ3n) is 4.18. The van der Waals surface area contributed by atoms with Crippen molar-refractivity contribution >= 4 is 5.97 Å². The van der Waals surface area contributed by atoms with Crippen LogP contribution in [0.3, 0.4) is 0 Å². The molecule has 1 heterocycles. The topological polar surface area (TPSA) is 60.8 Å². The number of carboxylic acids is 1. The van der Waals surface area contributed by atoms with Crippen LogP contribution in [-0.2, 0) is 17.9 Å². The van der Waals surface area contributed by atoms with Crippen molar-refractivity contribution in [1.82, 2.24) is 4.90 Å². The fourth-order valence-corrected chi connectivity index (χ4v) is 2.72. The molecule has 1 atom stereocenters. The minimum atomic E-state index is -0.673. The second-order valence-electron chi connectivity index (χ2n) is 5.37. The average molecular weight is 263 g/mol. The van der Waals surface area contributed by atoms with E-state index in [0.717, 1.165) is 30.6 Å². The van der Waals surface area contributed by atoms with Crippen LogP contribution in [0.15, 0.2) is 24.3 Å². The van der Waals surface area contributed by atoms with Gasteiger partial charge in [0.2, 0.25) is 0 Å². The molecule has 0 amide bonds. The van der Waals surface area contributed by atoms with Gasteiger partial charge in [0.25, 0.3) is 0 Å². The lowest BCUT2D eigenvalue weighted by Gasteiger charge is -2.23. The first-order valence-corrected chi connectivity index (χ1v) is 6.74. The van der Waals surface area contributed by atoms with Crippen molar-refractivity contribution in [2.24, 2.45) is 5.41 Å². The van der Waals surface area contributed by atoms with E-state index in [1.54, 1.807) is 0 Å². The molecule has 1 unspecified atom stereocenters. The molecule has 1 saturated heterocycles. The first-order chi connectivity index (χ1) is 9.09. The Labute approximate surface area is 113 Å². The lowest BCUT2D eigenvalue weighted by molar-refractivity contribution is -0.148. The maximum atomic E-state index is 11.4. The Bertz CT molecular complexity index is 443. The molecular weight excluding hydrogens is 242 g/mol. The largest absolute Gasteiger partial charge is 0.481 e. The summed E-state index contributed by atoms with van der Waals surface area (Å²) in [5.41, 5.74) is 1.50. The van der Waals surface area contributed by atoms with Crippen LogP contribution < -0.4 is 0 Å². The first-order valence-electron chi connectivity index (χ1n) is 6.74. The maximum absolute atomic E-state index is 11.4. The zero-order valence-corrected chi connectivity index (χ0v) is 11.3. The van der Waals surface area contributed by atoms with Crippen molar-refractivity contribution in [3.05, 3.63) is 35.4 Å². The van der Waals surface area contributed by atoms with Crippen LogP contribution in [0, 0.1) is 5.41 Å². The molecule has 1 fully saturated rings. The molecule has 1 aliphatic heterocycles. The highest BCUT2D eigenvalue weighted by atomic mass is 16.4. The first kappa shape index (κ1) is 14.0. The van der Waals surface area contributed by atoms with E-state index in [0.29, 0.717) is 13.0 Å². The molecule has 1 aromatic rings. The van der Waals surface area contributed by atoms with E-state index in [4.69, 9.17) is 5.11 Å². The Morgan fingerprint density at radius 1 is 1.32 bits per heavy atom. The second kappa shape index (κ2) is 5.72. The lowest BCUT2D eigenvalue weighted by atomic mass is 9.84. The fraction of sp³-hybridized carbons (Fsp3) is 0.533. The molecule has 1 aliphatic rings. The third kappa shape index (κ3) is 2.96. The van der Waals surface area contributed by atoms with E-state index in [1.807, 2.05) is 31.2 Å². The van der Waals surface area contributed by atoms with E-state index in [9.17, 15) is 9.90 Å². The number of nitrogens with zero attached hydrogens (tertiary/aromatic N) is 1. The number of aliphatic hydroxyl groups is 1. The van der Waals surface area contributed by atoms with Gasteiger partial charge in [0.1, 0.15) is 0 Å². The summed E-state index contributed by atoms with van der Waals surface area (Å²) in [4.78, 5) is 13.6. The molecule has 0 aromatic heterocycles. The Morgan fingerprint density at radius 2 is 1.95 bits per heavy atom. The van der Waals surface area contributed by atoms with Gasteiger partial charge in [-0.15, -0.1) is 0 Å². The highest BCUT2D eigenvalue weighted by Crippen LogP contribution is 2.34. The van der Waals surface area contributed by atoms with Gasteiger partial charge >= 0.3 is 5.97 Å². The predicted molar refractivity (Wildman–Crippen MR) is 72.6 cm³/mol. The molecular formula is C15H21NO3. The van der Waals surface area contributed by atoms with Crippen LogP contribution >= 0.6 is 0 Å². The van der Waals surface area contributed by atoms with Crippen LogP contribution in [0.2, 0.25) is 0 Å². The predicted octanol–water partition coefficient (Wildman–Crippen LogP) is 1.87. The van der Waals surface area contributed by atoms with E-state index in [2.05, 4.69) is 4.90 Å². The van der Waals surface area contributed by atoms with E-state index in [1.165, 1.54) is 0 Å². The molecule has 19 heavy (non-hydrogen) atoms. The van der Waals surface area contributed by atoms with Crippen molar-refractivity contribution in [3.8, 4) is 0 Å². The van der Waals surface area contributed by atoms with Crippen LogP contribution in [0.1, 0.15) is 30.9 Å². The standard InChI is InChI=1S/C15H21NO3/c1-2-15(14(18)19)7-8-16(11-15)9-12-3-5-13(10-17)6-4-12/h3-6,17H,2,7-11H2,1H3,(H,18,19). The van der Waals surface area contributed by atoms with Crippen molar-refractivity contribution in [1.29, 1.82) is 0 Å². The molecule has 4 nitrogen and oxygen atoms in total. The molecule has 4 heteroatoms. The van der Waals surface area contributed by atoms with Crippen molar-refractivity contribution in [3.63, 3.8) is 0 Å². The number of carbonyl (C=O) groups is 1. The van der Waals surface area contributed by atoms with Gasteiger partial charge in [-0.3, -0.25) is 9.69 Å². The minimum Gasteiger partial charge on any atom is -0.481 e. The normalized spacial score (nSPS) is 23.7. The number of hydrogen-bond donors (Lipinski definition) is 2. The molecule has 0 aliphatic carbocycles. The molecule has 0 bridgehead atoms. The summed E-state index contributed by atoms with van der Waals surface area (Å²) in [5.74, 6) is -0.673. The number of aliphatic carboxylic acids is 1. The fourth-order valence-electron chi connectivity index (χ4n) is 2.72. The van der Waals surface area contributed by atoms with Gasteiger partial charge in [-0.05, 0) is 30.5 Å². The van der Waals surface area contributed by atoms with Crippen molar-refractivity contribution in [2.45, 2.75) is 32.9 Å². The molecule has 0 radical (unpaired) electrons. The van der Waals surface area contributed by atoms with Gasteiger partial charge in [0.05, 0.1) is 12.0 Å². The van der Waals surface area contributed by atoms with E-state index in [-0.39, 0.29) is 6.61 Å². The summed E-state index contributed by atoms with van der Waals surface area (Å²) in [6.07, 6.45) is 1.41. The summed E-state index contributed by atoms with van der Waals surface area (Å²) < 4.78 is 0. The molecule has 0 spiro atoms. The zero-order chi connectivity index (χ0) is 13.9.